The lowest BCUT2D eigenvalue weighted by Gasteiger charge is -1.99. The van der Waals surface area contributed by atoms with Crippen molar-refractivity contribution in [1.29, 1.82) is 0 Å². The summed E-state index contributed by atoms with van der Waals surface area (Å²) in [7, 11) is 0. The Morgan fingerprint density at radius 2 is 2.06 bits per heavy atom. The number of imidazole rings is 1. The van der Waals surface area contributed by atoms with Gasteiger partial charge in [-0.2, -0.15) is 0 Å². The van der Waals surface area contributed by atoms with Crippen LogP contribution in [0.5, 0.6) is 0 Å². The Morgan fingerprint density at radius 1 is 1.28 bits per heavy atom. The maximum atomic E-state index is 11.9. The standard InChI is InChI=1S/C14H17N3O/c15-8-9-17-10-13(16-11-17)14(18)7-6-12-4-2-1-3-5-12/h1-5,10-11H,6-9,15H2. The number of hydrogen-bond donors (Lipinski definition) is 1. The minimum Gasteiger partial charge on any atom is -0.335 e. The molecule has 1 aromatic carbocycles. The molecule has 2 rings (SSSR count). The third-order valence-electron chi connectivity index (χ3n) is 2.79. The third kappa shape index (κ3) is 3.28. The Hall–Kier alpha value is -1.94. The van der Waals surface area contributed by atoms with E-state index < -0.39 is 0 Å². The number of benzene rings is 1. The van der Waals surface area contributed by atoms with Crippen molar-refractivity contribution in [2.24, 2.45) is 5.73 Å². The Balaban J connectivity index is 1.91. The number of nitrogens with two attached hydrogens (primary N) is 1. The number of aromatic nitrogens is 2. The molecule has 0 saturated carbocycles. The third-order valence-corrected chi connectivity index (χ3v) is 2.79. The van der Waals surface area contributed by atoms with E-state index in [2.05, 4.69) is 4.98 Å². The largest absolute Gasteiger partial charge is 0.335 e. The van der Waals surface area contributed by atoms with E-state index in [1.807, 2.05) is 34.9 Å². The van der Waals surface area contributed by atoms with E-state index in [9.17, 15) is 4.79 Å². The molecule has 0 radical (unpaired) electrons. The van der Waals surface area contributed by atoms with Crippen molar-refractivity contribution in [3.8, 4) is 0 Å². The van der Waals surface area contributed by atoms with Gasteiger partial charge in [-0.05, 0) is 12.0 Å². The van der Waals surface area contributed by atoms with Gasteiger partial charge in [-0.15, -0.1) is 0 Å². The van der Waals surface area contributed by atoms with Gasteiger partial charge in [-0.1, -0.05) is 30.3 Å². The topological polar surface area (TPSA) is 60.9 Å². The van der Waals surface area contributed by atoms with E-state index in [4.69, 9.17) is 5.73 Å². The minimum absolute atomic E-state index is 0.0784. The summed E-state index contributed by atoms with van der Waals surface area (Å²) >= 11 is 0. The van der Waals surface area contributed by atoms with E-state index >= 15 is 0 Å². The van der Waals surface area contributed by atoms with Gasteiger partial charge >= 0.3 is 0 Å². The monoisotopic (exact) mass is 243 g/mol. The van der Waals surface area contributed by atoms with Crippen molar-refractivity contribution in [2.75, 3.05) is 6.54 Å². The summed E-state index contributed by atoms with van der Waals surface area (Å²) in [5.74, 6) is 0.0784. The smallest absolute Gasteiger partial charge is 0.183 e. The SMILES string of the molecule is NCCn1cnc(C(=O)CCc2ccccc2)c1. The van der Waals surface area contributed by atoms with Crippen LogP contribution in [0, 0.1) is 0 Å². The van der Waals surface area contributed by atoms with Crippen molar-refractivity contribution in [3.63, 3.8) is 0 Å². The first-order valence-electron chi connectivity index (χ1n) is 6.08. The zero-order valence-corrected chi connectivity index (χ0v) is 10.2. The van der Waals surface area contributed by atoms with Gasteiger partial charge < -0.3 is 10.3 Å². The highest BCUT2D eigenvalue weighted by Crippen LogP contribution is 2.07. The van der Waals surface area contributed by atoms with E-state index in [1.165, 1.54) is 5.56 Å². The van der Waals surface area contributed by atoms with Gasteiger partial charge in [0.2, 0.25) is 0 Å². The molecule has 0 spiro atoms. The molecule has 0 atom stereocenters. The maximum Gasteiger partial charge on any atom is 0.183 e. The molecule has 0 amide bonds. The fourth-order valence-corrected chi connectivity index (χ4v) is 1.81. The zero-order chi connectivity index (χ0) is 12.8. The molecule has 1 heterocycles. The van der Waals surface area contributed by atoms with Crippen molar-refractivity contribution < 1.29 is 4.79 Å². The molecule has 94 valence electrons. The highest BCUT2D eigenvalue weighted by molar-refractivity contribution is 5.94. The van der Waals surface area contributed by atoms with Crippen LogP contribution in [-0.2, 0) is 13.0 Å². The number of carbonyl (C=O) groups is 1. The Bertz CT molecular complexity index is 505. The predicted molar refractivity (Wildman–Crippen MR) is 70.4 cm³/mol. The van der Waals surface area contributed by atoms with Crippen LogP contribution >= 0.6 is 0 Å². The van der Waals surface area contributed by atoms with Gasteiger partial charge in [-0.3, -0.25) is 4.79 Å². The zero-order valence-electron chi connectivity index (χ0n) is 10.2. The lowest BCUT2D eigenvalue weighted by molar-refractivity contribution is 0.0978. The Kier molecular flexibility index (Phi) is 4.25. The highest BCUT2D eigenvalue weighted by Gasteiger charge is 2.09. The fourth-order valence-electron chi connectivity index (χ4n) is 1.81. The summed E-state index contributed by atoms with van der Waals surface area (Å²) in [5, 5.41) is 0. The number of carbonyl (C=O) groups excluding carboxylic acids is 1. The van der Waals surface area contributed by atoms with Crippen molar-refractivity contribution in [1.82, 2.24) is 9.55 Å². The van der Waals surface area contributed by atoms with Gasteiger partial charge in [0, 0.05) is 25.7 Å². The van der Waals surface area contributed by atoms with Crippen molar-refractivity contribution in [3.05, 3.63) is 54.1 Å². The summed E-state index contributed by atoms with van der Waals surface area (Å²) in [6.45, 7) is 1.24. The summed E-state index contributed by atoms with van der Waals surface area (Å²) in [4.78, 5) is 16.0. The number of hydrogen-bond acceptors (Lipinski definition) is 3. The van der Waals surface area contributed by atoms with E-state index in [-0.39, 0.29) is 5.78 Å². The minimum atomic E-state index is 0.0784. The molecular formula is C14H17N3O. The van der Waals surface area contributed by atoms with E-state index in [0.717, 1.165) is 6.42 Å². The average molecular weight is 243 g/mol. The van der Waals surface area contributed by atoms with Crippen LogP contribution in [0.1, 0.15) is 22.5 Å². The number of Topliss-reactive ketones (excluding diaryl/α,β-unsaturated/α-hetero) is 1. The number of nitrogens with zero attached hydrogens (tertiary/aromatic N) is 2. The molecule has 0 bridgehead atoms. The maximum absolute atomic E-state index is 11.9. The highest BCUT2D eigenvalue weighted by atomic mass is 16.1. The van der Waals surface area contributed by atoms with Crippen LogP contribution in [-0.4, -0.2) is 21.9 Å². The van der Waals surface area contributed by atoms with Crippen LogP contribution in [0.4, 0.5) is 0 Å². The van der Waals surface area contributed by atoms with E-state index in [1.54, 1.807) is 12.5 Å². The molecule has 4 heteroatoms. The fraction of sp³-hybridized carbons (Fsp3) is 0.286. The normalized spacial score (nSPS) is 10.5. The second kappa shape index (κ2) is 6.12. The summed E-state index contributed by atoms with van der Waals surface area (Å²) in [6, 6.07) is 9.99. The van der Waals surface area contributed by atoms with E-state index in [0.29, 0.717) is 25.2 Å². The molecule has 4 nitrogen and oxygen atoms in total. The molecule has 1 aromatic heterocycles. The second-order valence-corrected chi connectivity index (χ2v) is 4.19. The van der Waals surface area contributed by atoms with Gasteiger partial charge in [0.15, 0.2) is 5.78 Å². The summed E-state index contributed by atoms with van der Waals surface area (Å²) < 4.78 is 1.84. The van der Waals surface area contributed by atoms with Crippen molar-refractivity contribution in [2.45, 2.75) is 19.4 Å². The lowest BCUT2D eigenvalue weighted by atomic mass is 10.1. The Morgan fingerprint density at radius 3 is 2.78 bits per heavy atom. The van der Waals surface area contributed by atoms with Crippen molar-refractivity contribution >= 4 is 5.78 Å². The number of rotatable bonds is 6. The lowest BCUT2D eigenvalue weighted by Crippen LogP contribution is -2.08. The molecule has 0 aliphatic carbocycles. The molecule has 0 aliphatic heterocycles. The molecule has 0 saturated heterocycles. The van der Waals surface area contributed by atoms with Crippen LogP contribution in [0.3, 0.4) is 0 Å². The summed E-state index contributed by atoms with van der Waals surface area (Å²) in [5.41, 5.74) is 7.15. The molecule has 0 aliphatic rings. The van der Waals surface area contributed by atoms with Crippen LogP contribution in [0.25, 0.3) is 0 Å². The quantitative estimate of drug-likeness (QED) is 0.785. The van der Waals surface area contributed by atoms with Gasteiger partial charge in [0.05, 0.1) is 6.33 Å². The van der Waals surface area contributed by atoms with Crippen LogP contribution in [0.15, 0.2) is 42.9 Å². The first kappa shape index (κ1) is 12.5. The van der Waals surface area contributed by atoms with Crippen LogP contribution in [0.2, 0.25) is 0 Å². The first-order valence-corrected chi connectivity index (χ1v) is 6.08. The summed E-state index contributed by atoms with van der Waals surface area (Å²) in [6.07, 6.45) is 4.66. The molecule has 0 unspecified atom stereocenters. The van der Waals surface area contributed by atoms with Gasteiger partial charge in [-0.25, -0.2) is 4.98 Å². The Labute approximate surface area is 106 Å². The van der Waals surface area contributed by atoms with Crippen LogP contribution < -0.4 is 5.73 Å². The molecule has 18 heavy (non-hydrogen) atoms. The number of aryl methyl sites for hydroxylation is 1. The molecule has 2 aromatic rings. The molecule has 0 fully saturated rings. The van der Waals surface area contributed by atoms with Gasteiger partial charge in [0.25, 0.3) is 0 Å². The van der Waals surface area contributed by atoms with Gasteiger partial charge in [0.1, 0.15) is 5.69 Å². The molecule has 2 N–H and O–H groups in total. The second-order valence-electron chi connectivity index (χ2n) is 4.19. The molecular weight excluding hydrogens is 226 g/mol. The number of ketones is 1. The average Bonchev–Trinajstić information content (AvgIpc) is 2.86. The first-order chi connectivity index (χ1) is 8.79. The predicted octanol–water partition coefficient (Wildman–Crippen LogP) is 1.66.